The molecule has 0 spiro atoms. The van der Waals surface area contributed by atoms with Crippen LogP contribution < -0.4 is 10.6 Å². The fourth-order valence-electron chi connectivity index (χ4n) is 2.81. The standard InChI is InChI=1S/C14H23N5S/c1-9-10(2)16-17-14(12(9)13(15)20)19(4)8-11-5-6-18(3)7-11/h11H,5-8H2,1-4H3,(H2,15,20). The van der Waals surface area contributed by atoms with Gasteiger partial charge in [0.2, 0.25) is 0 Å². The molecular weight excluding hydrogens is 270 g/mol. The minimum Gasteiger partial charge on any atom is -0.389 e. The van der Waals surface area contributed by atoms with Gasteiger partial charge >= 0.3 is 0 Å². The summed E-state index contributed by atoms with van der Waals surface area (Å²) in [5.41, 5.74) is 8.65. The molecule has 0 aliphatic carbocycles. The average Bonchev–Trinajstić information content (AvgIpc) is 2.77. The molecule has 1 atom stereocenters. The summed E-state index contributed by atoms with van der Waals surface area (Å²) in [6, 6.07) is 0. The lowest BCUT2D eigenvalue weighted by Gasteiger charge is -2.24. The first-order chi connectivity index (χ1) is 9.40. The monoisotopic (exact) mass is 293 g/mol. The van der Waals surface area contributed by atoms with Crippen molar-refractivity contribution in [2.45, 2.75) is 20.3 Å². The molecule has 0 amide bonds. The average molecular weight is 293 g/mol. The fraction of sp³-hybridized carbons (Fsp3) is 0.643. The molecule has 6 heteroatoms. The summed E-state index contributed by atoms with van der Waals surface area (Å²) in [6.45, 7) is 7.18. The van der Waals surface area contributed by atoms with E-state index in [9.17, 15) is 0 Å². The summed E-state index contributed by atoms with van der Waals surface area (Å²) in [6.07, 6.45) is 1.22. The van der Waals surface area contributed by atoms with E-state index in [1.54, 1.807) is 0 Å². The molecule has 1 saturated heterocycles. The van der Waals surface area contributed by atoms with Crippen LogP contribution in [0.4, 0.5) is 5.82 Å². The number of nitrogens with zero attached hydrogens (tertiary/aromatic N) is 4. The van der Waals surface area contributed by atoms with Crippen molar-refractivity contribution in [1.82, 2.24) is 15.1 Å². The number of aromatic nitrogens is 2. The van der Waals surface area contributed by atoms with E-state index in [-0.39, 0.29) is 0 Å². The van der Waals surface area contributed by atoms with Gasteiger partial charge in [-0.15, -0.1) is 5.10 Å². The van der Waals surface area contributed by atoms with Crippen LogP contribution in [0.5, 0.6) is 0 Å². The molecule has 1 aliphatic heterocycles. The first-order valence-corrected chi connectivity index (χ1v) is 7.34. The molecule has 1 aliphatic rings. The molecule has 2 rings (SSSR count). The molecule has 1 unspecified atom stereocenters. The van der Waals surface area contributed by atoms with E-state index >= 15 is 0 Å². The molecule has 2 N–H and O–H groups in total. The Labute approximate surface area is 126 Å². The number of hydrogen-bond donors (Lipinski definition) is 1. The molecular formula is C14H23N5S. The van der Waals surface area contributed by atoms with E-state index in [0.717, 1.165) is 35.7 Å². The van der Waals surface area contributed by atoms with Crippen molar-refractivity contribution in [2.75, 3.05) is 38.6 Å². The maximum Gasteiger partial charge on any atom is 0.161 e. The highest BCUT2D eigenvalue weighted by Gasteiger charge is 2.23. The Bertz CT molecular complexity index is 517. The Morgan fingerprint density at radius 3 is 2.70 bits per heavy atom. The molecule has 1 aromatic rings. The van der Waals surface area contributed by atoms with Crippen LogP contribution in [0.2, 0.25) is 0 Å². The van der Waals surface area contributed by atoms with Gasteiger partial charge in [-0.2, -0.15) is 5.10 Å². The zero-order valence-corrected chi connectivity index (χ0v) is 13.5. The third-order valence-corrected chi connectivity index (χ3v) is 4.27. The minimum atomic E-state index is 0.394. The summed E-state index contributed by atoms with van der Waals surface area (Å²) in [4.78, 5) is 4.89. The number of anilines is 1. The molecule has 1 fully saturated rings. The van der Waals surface area contributed by atoms with Crippen LogP contribution in [0.3, 0.4) is 0 Å². The molecule has 20 heavy (non-hydrogen) atoms. The summed E-state index contributed by atoms with van der Waals surface area (Å²) in [5.74, 6) is 1.46. The normalized spacial score (nSPS) is 19.3. The summed E-state index contributed by atoms with van der Waals surface area (Å²) < 4.78 is 0. The highest BCUT2D eigenvalue weighted by molar-refractivity contribution is 7.80. The Morgan fingerprint density at radius 2 is 2.15 bits per heavy atom. The molecule has 0 saturated carbocycles. The summed E-state index contributed by atoms with van der Waals surface area (Å²) in [7, 11) is 4.20. The second-order valence-corrected chi connectivity index (χ2v) is 6.21. The van der Waals surface area contributed by atoms with Gasteiger partial charge in [-0.1, -0.05) is 12.2 Å². The van der Waals surface area contributed by atoms with E-state index in [1.165, 1.54) is 13.0 Å². The third-order valence-electron chi connectivity index (χ3n) is 4.07. The van der Waals surface area contributed by atoms with Crippen LogP contribution in [0.25, 0.3) is 0 Å². The van der Waals surface area contributed by atoms with Crippen molar-refractivity contribution in [3.8, 4) is 0 Å². The number of hydrogen-bond acceptors (Lipinski definition) is 5. The number of aryl methyl sites for hydroxylation is 1. The molecule has 110 valence electrons. The summed E-state index contributed by atoms with van der Waals surface area (Å²) >= 11 is 5.19. The first kappa shape index (κ1) is 15.1. The highest BCUT2D eigenvalue weighted by Crippen LogP contribution is 2.24. The minimum absolute atomic E-state index is 0.394. The van der Waals surface area contributed by atoms with Crippen LogP contribution in [0.1, 0.15) is 23.2 Å². The number of rotatable bonds is 4. The van der Waals surface area contributed by atoms with Gasteiger partial charge in [0.25, 0.3) is 0 Å². The van der Waals surface area contributed by atoms with Gasteiger partial charge in [-0.05, 0) is 45.3 Å². The number of nitrogens with two attached hydrogens (primary N) is 1. The first-order valence-electron chi connectivity index (χ1n) is 6.93. The second-order valence-electron chi connectivity index (χ2n) is 5.77. The van der Waals surface area contributed by atoms with Gasteiger partial charge in [0.1, 0.15) is 4.99 Å². The molecule has 1 aromatic heterocycles. The number of thiocarbonyl (C=S) groups is 1. The lowest BCUT2D eigenvalue weighted by Crippen LogP contribution is -2.31. The van der Waals surface area contributed by atoms with E-state index in [2.05, 4.69) is 27.0 Å². The van der Waals surface area contributed by atoms with Crippen molar-refractivity contribution in [2.24, 2.45) is 11.7 Å². The summed E-state index contributed by atoms with van der Waals surface area (Å²) in [5, 5.41) is 8.53. The number of likely N-dealkylation sites (tertiary alicyclic amines) is 1. The molecule has 5 nitrogen and oxygen atoms in total. The van der Waals surface area contributed by atoms with Gasteiger partial charge in [-0.3, -0.25) is 0 Å². The van der Waals surface area contributed by atoms with Crippen LogP contribution >= 0.6 is 12.2 Å². The van der Waals surface area contributed by atoms with Gasteiger partial charge < -0.3 is 15.5 Å². The maximum absolute atomic E-state index is 5.88. The van der Waals surface area contributed by atoms with Crippen molar-refractivity contribution in [3.05, 3.63) is 16.8 Å². The van der Waals surface area contributed by atoms with Crippen LogP contribution in [0.15, 0.2) is 0 Å². The molecule has 0 bridgehead atoms. The van der Waals surface area contributed by atoms with Crippen molar-refractivity contribution < 1.29 is 0 Å². The SMILES string of the molecule is Cc1nnc(N(C)CC2CCN(C)C2)c(C(N)=S)c1C. The lowest BCUT2D eigenvalue weighted by molar-refractivity contribution is 0.395. The fourth-order valence-corrected chi connectivity index (χ4v) is 3.05. The zero-order chi connectivity index (χ0) is 14.9. The Kier molecular flexibility index (Phi) is 4.55. The largest absolute Gasteiger partial charge is 0.389 e. The molecule has 2 heterocycles. The predicted molar refractivity (Wildman–Crippen MR) is 86.3 cm³/mol. The Balaban J connectivity index is 2.23. The van der Waals surface area contributed by atoms with E-state index in [1.807, 2.05) is 20.9 Å². The van der Waals surface area contributed by atoms with Gasteiger partial charge in [0, 0.05) is 20.1 Å². The van der Waals surface area contributed by atoms with E-state index in [4.69, 9.17) is 18.0 Å². The predicted octanol–water partition coefficient (Wildman–Crippen LogP) is 1.12. The van der Waals surface area contributed by atoms with Crippen molar-refractivity contribution >= 4 is 23.0 Å². The van der Waals surface area contributed by atoms with Gasteiger partial charge in [0.15, 0.2) is 5.82 Å². The Hall–Kier alpha value is -1.27. The lowest BCUT2D eigenvalue weighted by atomic mass is 10.1. The quantitative estimate of drug-likeness (QED) is 0.840. The topological polar surface area (TPSA) is 58.3 Å². The van der Waals surface area contributed by atoms with Crippen molar-refractivity contribution in [1.29, 1.82) is 0 Å². The van der Waals surface area contributed by atoms with Crippen LogP contribution in [0, 0.1) is 19.8 Å². The maximum atomic E-state index is 5.88. The van der Waals surface area contributed by atoms with E-state index < -0.39 is 0 Å². The second kappa shape index (κ2) is 6.01. The van der Waals surface area contributed by atoms with Gasteiger partial charge in [-0.25, -0.2) is 0 Å². The molecule has 0 aromatic carbocycles. The highest BCUT2D eigenvalue weighted by atomic mass is 32.1. The van der Waals surface area contributed by atoms with Gasteiger partial charge in [0.05, 0.1) is 11.3 Å². The van der Waals surface area contributed by atoms with Crippen LogP contribution in [-0.2, 0) is 0 Å². The van der Waals surface area contributed by atoms with Crippen molar-refractivity contribution in [3.63, 3.8) is 0 Å². The Morgan fingerprint density at radius 1 is 1.45 bits per heavy atom. The van der Waals surface area contributed by atoms with Crippen LogP contribution in [-0.4, -0.2) is 53.8 Å². The third kappa shape index (κ3) is 3.07. The zero-order valence-electron chi connectivity index (χ0n) is 12.7. The molecule has 0 radical (unpaired) electrons. The van der Waals surface area contributed by atoms with E-state index in [0.29, 0.717) is 10.9 Å². The smallest absolute Gasteiger partial charge is 0.161 e.